The number of ether oxygens (including phenoxy) is 6. The summed E-state index contributed by atoms with van der Waals surface area (Å²) in [5.41, 5.74) is -3.91. The smallest absolute Gasteiger partial charge is 0.303 e. The lowest BCUT2D eigenvalue weighted by atomic mass is 9.32. The Kier molecular flexibility index (Phi) is 11.9. The molecule has 59 heavy (non-hydrogen) atoms. The highest BCUT2D eigenvalue weighted by Gasteiger charge is 2.77. The van der Waals surface area contributed by atoms with Crippen molar-refractivity contribution >= 4 is 5.97 Å². The molecule has 340 valence electrons. The number of carbonyl (C=O) groups is 1. The molecule has 0 aromatic heterocycles. The van der Waals surface area contributed by atoms with Crippen molar-refractivity contribution in [3.63, 3.8) is 0 Å². The van der Waals surface area contributed by atoms with Crippen LogP contribution in [0.4, 0.5) is 0 Å². The van der Waals surface area contributed by atoms with Crippen LogP contribution in [0.1, 0.15) is 121 Å². The molecule has 0 spiro atoms. The molecule has 21 atom stereocenters. The summed E-state index contributed by atoms with van der Waals surface area (Å²) in [5, 5.41) is 88.1. The predicted octanol–water partition coefficient (Wildman–Crippen LogP) is 1.93. The van der Waals surface area contributed by atoms with Gasteiger partial charge >= 0.3 is 5.97 Å². The van der Waals surface area contributed by atoms with Crippen molar-refractivity contribution in [2.75, 3.05) is 13.2 Å². The van der Waals surface area contributed by atoms with Crippen molar-refractivity contribution in [1.82, 2.24) is 0 Å². The fourth-order valence-corrected chi connectivity index (χ4v) is 14.8. The summed E-state index contributed by atoms with van der Waals surface area (Å²) in [7, 11) is 0. The van der Waals surface area contributed by atoms with E-state index >= 15 is 0 Å². The van der Waals surface area contributed by atoms with Gasteiger partial charge in [0.15, 0.2) is 18.7 Å². The van der Waals surface area contributed by atoms with Crippen molar-refractivity contribution in [2.24, 2.45) is 44.8 Å². The molecule has 15 nitrogen and oxygen atoms in total. The number of aliphatic hydroxyl groups is 8. The van der Waals surface area contributed by atoms with Gasteiger partial charge in [-0.25, -0.2) is 0 Å². The number of hydrogen-bond acceptors (Lipinski definition) is 15. The maximum absolute atomic E-state index is 12.3. The van der Waals surface area contributed by atoms with Gasteiger partial charge in [0.2, 0.25) is 0 Å². The molecule has 4 aliphatic carbocycles. The Morgan fingerprint density at radius 2 is 1.39 bits per heavy atom. The highest BCUT2D eigenvalue weighted by molar-refractivity contribution is 5.66. The van der Waals surface area contributed by atoms with E-state index in [2.05, 4.69) is 48.5 Å². The maximum atomic E-state index is 12.3. The summed E-state index contributed by atoms with van der Waals surface area (Å²) in [4.78, 5) is 11.9. The van der Waals surface area contributed by atoms with Gasteiger partial charge in [-0.05, 0) is 111 Å². The predicted molar refractivity (Wildman–Crippen MR) is 210 cm³/mol. The van der Waals surface area contributed by atoms with Gasteiger partial charge in [-0.15, -0.1) is 0 Å². The maximum Gasteiger partial charge on any atom is 0.303 e. The lowest BCUT2D eigenvalue weighted by Gasteiger charge is -2.73. The van der Waals surface area contributed by atoms with Crippen LogP contribution in [-0.4, -0.2) is 151 Å². The average molecular weight is 843 g/mol. The molecule has 0 radical (unpaired) electrons. The van der Waals surface area contributed by atoms with Crippen LogP contribution in [0, 0.1) is 44.8 Å². The Bertz CT molecular complexity index is 1550. The molecule has 0 aromatic rings. The first-order chi connectivity index (χ1) is 27.2. The molecule has 0 aromatic carbocycles. The molecule has 15 heteroatoms. The topological polar surface area (TPSA) is 234 Å². The van der Waals surface area contributed by atoms with Gasteiger partial charge in [0.1, 0.15) is 36.6 Å². The van der Waals surface area contributed by atoms with Crippen molar-refractivity contribution in [3.8, 4) is 0 Å². The molecule has 3 heterocycles. The standard InChI is InChI=1S/C44H74O15/c1-21(46)55-33-23(48)20-54-36(32(33)52)58-27-11-13-41(7)35(38(27,2)3)24(56-37-31(51)30(50)29(49)25(19-45)57-37)17-26-40(41,6)15-16-42(8)34(22(47)18-43(26,42)9)44(10)14-12-28(59-44)39(4,5)53/h22-37,45,47-53H,11-20H2,1-10H3/t22-,23+,24-,25+,26+,27-,28-,29+,30-,31+,32+,33-,34-,35-,36-,37+,40+,41-,42+,43-,44+/m0/s1. The summed E-state index contributed by atoms with van der Waals surface area (Å²) in [5.74, 6) is -1.15. The van der Waals surface area contributed by atoms with Crippen LogP contribution in [0.25, 0.3) is 0 Å². The third-order valence-electron chi connectivity index (χ3n) is 18.0. The number of rotatable bonds is 8. The Hall–Kier alpha value is -1.05. The lowest BCUT2D eigenvalue weighted by molar-refractivity contribution is -0.356. The van der Waals surface area contributed by atoms with E-state index in [-0.39, 0.29) is 41.3 Å². The highest BCUT2D eigenvalue weighted by Crippen LogP contribution is 2.79. The minimum Gasteiger partial charge on any atom is -0.457 e. The summed E-state index contributed by atoms with van der Waals surface area (Å²) in [6, 6.07) is 0. The third-order valence-corrected chi connectivity index (χ3v) is 18.0. The molecule has 7 aliphatic rings. The van der Waals surface area contributed by atoms with Crippen LogP contribution in [0.5, 0.6) is 0 Å². The van der Waals surface area contributed by atoms with Crippen molar-refractivity contribution in [1.29, 1.82) is 0 Å². The molecule has 8 N–H and O–H groups in total. The Morgan fingerprint density at radius 3 is 2.00 bits per heavy atom. The number of esters is 1. The van der Waals surface area contributed by atoms with Crippen LogP contribution in [0.3, 0.4) is 0 Å². The van der Waals surface area contributed by atoms with Gasteiger partial charge in [0, 0.05) is 12.8 Å². The Morgan fingerprint density at radius 1 is 0.746 bits per heavy atom. The first-order valence-corrected chi connectivity index (χ1v) is 22.0. The van der Waals surface area contributed by atoms with E-state index < -0.39 is 114 Å². The SMILES string of the molecule is CC(=O)O[C@@H]1[C@@H](O)[C@H](O[C@H]2CC[C@@]3(C)[C@@H]([C@@H](O[C@@H]4O[C@H](CO)[C@@H](O)[C@H](O)[C@H]4O)C[C@H]4[C@]5(C)C[C@H](O)[C@H]([C@@]6(C)CC[C@@H](C(C)(C)O)O6)[C@@]5(C)CC[C@]43C)C2(C)C)OC[C@H]1O. The van der Waals surface area contributed by atoms with Crippen LogP contribution in [0.2, 0.25) is 0 Å². The zero-order valence-corrected chi connectivity index (χ0v) is 36.7. The van der Waals surface area contributed by atoms with Crippen molar-refractivity contribution in [2.45, 2.75) is 212 Å². The first kappa shape index (κ1) is 46.0. The van der Waals surface area contributed by atoms with Crippen LogP contribution < -0.4 is 0 Å². The third kappa shape index (κ3) is 6.98. The van der Waals surface area contributed by atoms with Gasteiger partial charge in [-0.2, -0.15) is 0 Å². The van der Waals surface area contributed by atoms with E-state index in [0.717, 1.165) is 19.3 Å². The zero-order chi connectivity index (χ0) is 43.6. The van der Waals surface area contributed by atoms with Crippen LogP contribution in [-0.2, 0) is 33.2 Å². The summed E-state index contributed by atoms with van der Waals surface area (Å²) in [6.07, 6.45) is -9.24. The molecule has 3 saturated heterocycles. The van der Waals surface area contributed by atoms with E-state index in [9.17, 15) is 45.6 Å². The van der Waals surface area contributed by atoms with Gasteiger partial charge in [-0.3, -0.25) is 4.79 Å². The van der Waals surface area contributed by atoms with Crippen LogP contribution >= 0.6 is 0 Å². The van der Waals surface area contributed by atoms with Gasteiger partial charge < -0.3 is 69.3 Å². The minimum absolute atomic E-state index is 0.0117. The minimum atomic E-state index is -1.63. The molecule has 4 saturated carbocycles. The molecule has 7 rings (SSSR count). The molecule has 0 unspecified atom stereocenters. The summed E-state index contributed by atoms with van der Waals surface area (Å²) in [6.45, 7) is 19.6. The number of hydrogen-bond donors (Lipinski definition) is 8. The van der Waals surface area contributed by atoms with E-state index in [4.69, 9.17) is 28.4 Å². The Balaban J connectivity index is 1.26. The van der Waals surface area contributed by atoms with E-state index in [1.165, 1.54) is 6.92 Å². The fraction of sp³-hybridized carbons (Fsp3) is 0.977. The van der Waals surface area contributed by atoms with Gasteiger partial charge in [0.05, 0.1) is 48.8 Å². The fourth-order valence-electron chi connectivity index (χ4n) is 14.8. The molecular weight excluding hydrogens is 768 g/mol. The summed E-state index contributed by atoms with van der Waals surface area (Å²) < 4.78 is 37.5. The van der Waals surface area contributed by atoms with E-state index in [1.54, 1.807) is 13.8 Å². The second-order valence-electron chi connectivity index (χ2n) is 22.0. The largest absolute Gasteiger partial charge is 0.457 e. The van der Waals surface area contributed by atoms with Crippen LogP contribution in [0.15, 0.2) is 0 Å². The lowest BCUT2D eigenvalue weighted by Crippen LogP contribution is -2.71. The number of fused-ring (bicyclic) bond motifs is 5. The van der Waals surface area contributed by atoms with E-state index in [1.807, 2.05) is 0 Å². The highest BCUT2D eigenvalue weighted by atomic mass is 16.7. The molecule has 3 aliphatic heterocycles. The van der Waals surface area contributed by atoms with E-state index in [0.29, 0.717) is 32.1 Å². The molecule has 7 fully saturated rings. The van der Waals surface area contributed by atoms with Crippen molar-refractivity contribution in [3.05, 3.63) is 0 Å². The second-order valence-corrected chi connectivity index (χ2v) is 22.0. The zero-order valence-electron chi connectivity index (χ0n) is 36.7. The second kappa shape index (κ2) is 15.3. The monoisotopic (exact) mass is 843 g/mol. The molecular formula is C44H74O15. The average Bonchev–Trinajstić information content (AvgIpc) is 3.64. The van der Waals surface area contributed by atoms with Gasteiger partial charge in [-0.1, -0.05) is 41.5 Å². The summed E-state index contributed by atoms with van der Waals surface area (Å²) >= 11 is 0. The quantitative estimate of drug-likeness (QED) is 0.129. The first-order valence-electron chi connectivity index (χ1n) is 22.0. The number of aliphatic hydroxyl groups excluding tert-OH is 7. The van der Waals surface area contributed by atoms with Gasteiger partial charge in [0.25, 0.3) is 0 Å². The molecule has 0 bridgehead atoms. The normalized spacial score (nSPS) is 54.9. The molecule has 0 amide bonds. The Labute approximate surface area is 349 Å². The number of carbonyl (C=O) groups excluding carboxylic acids is 1. The van der Waals surface area contributed by atoms with Crippen molar-refractivity contribution < 1.29 is 74.1 Å².